The molecule has 0 spiro atoms. The molecule has 1 aliphatic heterocycles. The molecular weight excluding hydrogens is 198 g/mol. The minimum absolute atomic E-state index is 1.08. The Balaban J connectivity index is 2.08. The van der Waals surface area contributed by atoms with Gasteiger partial charge in [0.1, 0.15) is 0 Å². The van der Waals surface area contributed by atoms with E-state index in [1.807, 2.05) is 12.4 Å². The molecule has 2 rings (SSSR count). The van der Waals surface area contributed by atoms with Crippen LogP contribution in [0.5, 0.6) is 0 Å². The molecule has 3 nitrogen and oxygen atoms in total. The molecule has 16 heavy (non-hydrogen) atoms. The van der Waals surface area contributed by atoms with Crippen LogP contribution in [0.15, 0.2) is 18.5 Å². The topological polar surface area (TPSA) is 28.2 Å². The maximum atomic E-state index is 4.35. The molecule has 88 valence electrons. The van der Waals surface area contributed by atoms with Crippen molar-refractivity contribution in [2.24, 2.45) is 0 Å². The van der Waals surface area contributed by atoms with E-state index in [0.29, 0.717) is 0 Å². The van der Waals surface area contributed by atoms with E-state index >= 15 is 0 Å². The van der Waals surface area contributed by atoms with E-state index in [9.17, 15) is 0 Å². The lowest BCUT2D eigenvalue weighted by Crippen LogP contribution is -2.27. The zero-order valence-corrected chi connectivity index (χ0v) is 10.1. The van der Waals surface area contributed by atoms with E-state index in [0.717, 1.165) is 32.6 Å². The van der Waals surface area contributed by atoms with Crippen LogP contribution in [0.25, 0.3) is 0 Å². The quantitative estimate of drug-likeness (QED) is 0.840. The van der Waals surface area contributed by atoms with Gasteiger partial charge in [-0.3, -0.25) is 4.98 Å². The predicted molar refractivity (Wildman–Crippen MR) is 67.9 cm³/mol. The van der Waals surface area contributed by atoms with Gasteiger partial charge in [0, 0.05) is 25.8 Å². The van der Waals surface area contributed by atoms with Crippen LogP contribution in [0.3, 0.4) is 0 Å². The van der Waals surface area contributed by atoms with Gasteiger partial charge in [0.05, 0.1) is 11.9 Å². The zero-order chi connectivity index (χ0) is 11.2. The predicted octanol–water partition coefficient (Wildman–Crippen LogP) is 1.83. The highest BCUT2D eigenvalue weighted by atomic mass is 15.2. The van der Waals surface area contributed by atoms with Crippen molar-refractivity contribution in [1.29, 1.82) is 0 Å². The maximum Gasteiger partial charge on any atom is 0.0555 e. The number of nitrogens with zero attached hydrogens (tertiary/aromatic N) is 2. The summed E-state index contributed by atoms with van der Waals surface area (Å²) < 4.78 is 0. The van der Waals surface area contributed by atoms with Crippen LogP contribution >= 0.6 is 0 Å². The summed E-state index contributed by atoms with van der Waals surface area (Å²) in [6, 6.07) is 2.29. The van der Waals surface area contributed by atoms with E-state index in [1.165, 1.54) is 24.1 Å². The molecule has 3 heteroatoms. The second kappa shape index (κ2) is 5.85. The monoisotopic (exact) mass is 219 g/mol. The fourth-order valence-corrected chi connectivity index (χ4v) is 2.18. The molecule has 0 aromatic carbocycles. The second-order valence-corrected chi connectivity index (χ2v) is 4.39. The number of aromatic nitrogens is 1. The number of hydrogen-bond donors (Lipinski definition) is 1. The molecule has 1 saturated heterocycles. The van der Waals surface area contributed by atoms with Crippen molar-refractivity contribution in [3.8, 4) is 0 Å². The third-order valence-corrected chi connectivity index (χ3v) is 3.02. The molecule has 1 aliphatic rings. The fourth-order valence-electron chi connectivity index (χ4n) is 2.18. The van der Waals surface area contributed by atoms with E-state index in [1.54, 1.807) is 0 Å². The minimum atomic E-state index is 1.08. The zero-order valence-electron chi connectivity index (χ0n) is 10.1. The summed E-state index contributed by atoms with van der Waals surface area (Å²) in [5.41, 5.74) is 2.65. The van der Waals surface area contributed by atoms with Gasteiger partial charge in [-0.2, -0.15) is 0 Å². The van der Waals surface area contributed by atoms with Crippen molar-refractivity contribution in [2.45, 2.75) is 26.2 Å². The average molecular weight is 219 g/mol. The Morgan fingerprint density at radius 3 is 3.12 bits per heavy atom. The molecule has 0 atom stereocenters. The molecule has 0 radical (unpaired) electrons. The van der Waals surface area contributed by atoms with Crippen LogP contribution in [0.4, 0.5) is 5.69 Å². The molecule has 0 unspecified atom stereocenters. The Labute approximate surface area is 97.9 Å². The van der Waals surface area contributed by atoms with Crippen molar-refractivity contribution in [3.63, 3.8) is 0 Å². The van der Waals surface area contributed by atoms with Crippen molar-refractivity contribution in [1.82, 2.24) is 10.3 Å². The first-order chi connectivity index (χ1) is 7.90. The van der Waals surface area contributed by atoms with Gasteiger partial charge in [-0.25, -0.2) is 0 Å². The van der Waals surface area contributed by atoms with Gasteiger partial charge < -0.3 is 10.2 Å². The highest BCUT2D eigenvalue weighted by Gasteiger charge is 2.09. The van der Waals surface area contributed by atoms with E-state index < -0.39 is 0 Å². The lowest BCUT2D eigenvalue weighted by molar-refractivity contribution is 0.724. The number of rotatable bonds is 3. The smallest absolute Gasteiger partial charge is 0.0555 e. The Kier molecular flexibility index (Phi) is 4.17. The first-order valence-corrected chi connectivity index (χ1v) is 6.29. The van der Waals surface area contributed by atoms with Gasteiger partial charge in [-0.1, -0.05) is 13.3 Å². The van der Waals surface area contributed by atoms with E-state index in [-0.39, 0.29) is 0 Å². The van der Waals surface area contributed by atoms with E-state index in [2.05, 4.69) is 28.2 Å². The number of aryl methyl sites for hydroxylation is 1. The number of pyridine rings is 1. The Hall–Kier alpha value is -1.09. The molecule has 1 aromatic rings. The summed E-state index contributed by atoms with van der Waals surface area (Å²) in [6.45, 7) is 6.67. The van der Waals surface area contributed by atoms with Crippen molar-refractivity contribution < 1.29 is 0 Å². The third-order valence-electron chi connectivity index (χ3n) is 3.02. The molecular formula is C13H21N3. The summed E-state index contributed by atoms with van der Waals surface area (Å²) >= 11 is 0. The number of anilines is 1. The van der Waals surface area contributed by atoms with Gasteiger partial charge in [0.25, 0.3) is 0 Å². The molecule has 0 saturated carbocycles. The van der Waals surface area contributed by atoms with Crippen LogP contribution in [-0.4, -0.2) is 31.2 Å². The van der Waals surface area contributed by atoms with Crippen LogP contribution in [0, 0.1) is 0 Å². The second-order valence-electron chi connectivity index (χ2n) is 4.39. The highest BCUT2D eigenvalue weighted by Crippen LogP contribution is 2.16. The van der Waals surface area contributed by atoms with Gasteiger partial charge in [-0.05, 0) is 31.0 Å². The first-order valence-electron chi connectivity index (χ1n) is 6.29. The number of hydrogen-bond acceptors (Lipinski definition) is 3. The standard InChI is InChI=1S/C13H21N3/c1-2-4-12-9-13(11-15-10-12)16-7-3-5-14-6-8-16/h9-11,14H,2-8H2,1H3. The van der Waals surface area contributed by atoms with Crippen molar-refractivity contribution in [2.75, 3.05) is 31.1 Å². The van der Waals surface area contributed by atoms with Crippen LogP contribution in [0.2, 0.25) is 0 Å². The molecule has 1 aromatic heterocycles. The summed E-state index contributed by atoms with van der Waals surface area (Å²) in [4.78, 5) is 6.78. The summed E-state index contributed by atoms with van der Waals surface area (Å²) in [6.07, 6.45) is 7.52. The summed E-state index contributed by atoms with van der Waals surface area (Å²) in [5.74, 6) is 0. The Bertz CT molecular complexity index is 317. The molecule has 1 N–H and O–H groups in total. The van der Waals surface area contributed by atoms with Crippen molar-refractivity contribution >= 4 is 5.69 Å². The largest absolute Gasteiger partial charge is 0.369 e. The fraction of sp³-hybridized carbons (Fsp3) is 0.615. The Morgan fingerprint density at radius 2 is 2.25 bits per heavy atom. The van der Waals surface area contributed by atoms with Crippen LogP contribution in [-0.2, 0) is 6.42 Å². The minimum Gasteiger partial charge on any atom is -0.369 e. The van der Waals surface area contributed by atoms with Gasteiger partial charge in [0.2, 0.25) is 0 Å². The van der Waals surface area contributed by atoms with Crippen LogP contribution < -0.4 is 10.2 Å². The molecule has 0 bridgehead atoms. The summed E-state index contributed by atoms with van der Waals surface area (Å²) in [5, 5.41) is 3.42. The average Bonchev–Trinajstić information content (AvgIpc) is 2.58. The summed E-state index contributed by atoms with van der Waals surface area (Å²) in [7, 11) is 0. The van der Waals surface area contributed by atoms with Gasteiger partial charge >= 0.3 is 0 Å². The highest BCUT2D eigenvalue weighted by molar-refractivity contribution is 5.46. The number of nitrogens with one attached hydrogen (secondary N) is 1. The molecule has 1 fully saturated rings. The first kappa shape index (κ1) is 11.4. The molecule has 0 amide bonds. The maximum absolute atomic E-state index is 4.35. The van der Waals surface area contributed by atoms with Crippen LogP contribution in [0.1, 0.15) is 25.3 Å². The molecule has 2 heterocycles. The third kappa shape index (κ3) is 2.95. The SMILES string of the molecule is CCCc1cncc(N2CCCNCC2)c1. The normalized spacial score (nSPS) is 17.2. The van der Waals surface area contributed by atoms with Gasteiger partial charge in [-0.15, -0.1) is 0 Å². The van der Waals surface area contributed by atoms with Gasteiger partial charge in [0.15, 0.2) is 0 Å². The Morgan fingerprint density at radius 1 is 1.31 bits per heavy atom. The van der Waals surface area contributed by atoms with E-state index in [4.69, 9.17) is 0 Å². The van der Waals surface area contributed by atoms with Crippen molar-refractivity contribution in [3.05, 3.63) is 24.0 Å². The molecule has 0 aliphatic carbocycles. The lowest BCUT2D eigenvalue weighted by atomic mass is 10.1. The lowest BCUT2D eigenvalue weighted by Gasteiger charge is -2.22.